The van der Waals surface area contributed by atoms with Crippen molar-refractivity contribution in [1.29, 1.82) is 0 Å². The fraction of sp³-hybridized carbons (Fsp3) is 0.318. The molecule has 0 spiro atoms. The van der Waals surface area contributed by atoms with E-state index in [0.29, 0.717) is 22.6 Å². The number of carbonyl (C=O) groups is 2. The van der Waals surface area contributed by atoms with Crippen LogP contribution >= 0.6 is 0 Å². The van der Waals surface area contributed by atoms with Gasteiger partial charge in [-0.25, -0.2) is 0 Å². The summed E-state index contributed by atoms with van der Waals surface area (Å²) in [4.78, 5) is 36.3. The van der Waals surface area contributed by atoms with Crippen LogP contribution in [0.25, 0.3) is 11.3 Å². The van der Waals surface area contributed by atoms with Crippen LogP contribution in [0.2, 0.25) is 0 Å². The quantitative estimate of drug-likeness (QED) is 0.254. The lowest BCUT2D eigenvalue weighted by Gasteiger charge is -2.37. The van der Waals surface area contributed by atoms with Crippen molar-refractivity contribution in [2.45, 2.75) is 19.8 Å². The fourth-order valence-electron chi connectivity index (χ4n) is 4.82. The molecule has 4 aliphatic rings. The number of hydrazone groups is 1. The number of aryl methyl sites for hydroxylation is 1. The lowest BCUT2D eigenvalue weighted by Crippen LogP contribution is -2.38. The van der Waals surface area contributed by atoms with Crippen LogP contribution in [0.3, 0.4) is 0 Å². The molecule has 2 heterocycles. The van der Waals surface area contributed by atoms with Crippen molar-refractivity contribution < 1.29 is 18.9 Å². The first-order valence-corrected chi connectivity index (χ1v) is 9.89. The van der Waals surface area contributed by atoms with E-state index in [1.54, 1.807) is 31.2 Å². The molecule has 2 fully saturated rings. The van der Waals surface area contributed by atoms with E-state index in [4.69, 9.17) is 4.42 Å². The van der Waals surface area contributed by atoms with E-state index in [0.717, 1.165) is 17.9 Å². The van der Waals surface area contributed by atoms with E-state index < -0.39 is 4.92 Å². The van der Waals surface area contributed by atoms with Crippen molar-refractivity contribution in [3.8, 4) is 11.3 Å². The minimum atomic E-state index is -0.434. The molecule has 6 rings (SSSR count). The van der Waals surface area contributed by atoms with Crippen LogP contribution in [0.1, 0.15) is 24.2 Å². The number of hydrogen-bond donors (Lipinski definition) is 0. The molecule has 152 valence electrons. The van der Waals surface area contributed by atoms with Gasteiger partial charge in [-0.05, 0) is 43.7 Å². The Morgan fingerprint density at radius 1 is 1.10 bits per heavy atom. The summed E-state index contributed by atoms with van der Waals surface area (Å²) in [6.07, 6.45) is 7.33. The number of benzene rings is 1. The lowest BCUT2D eigenvalue weighted by molar-refractivity contribution is -0.385. The van der Waals surface area contributed by atoms with E-state index in [1.807, 2.05) is 0 Å². The largest absolute Gasteiger partial charge is 0.455 e. The van der Waals surface area contributed by atoms with Crippen molar-refractivity contribution in [3.63, 3.8) is 0 Å². The van der Waals surface area contributed by atoms with Crippen LogP contribution in [0.4, 0.5) is 5.69 Å². The second kappa shape index (κ2) is 6.76. The van der Waals surface area contributed by atoms with Gasteiger partial charge in [0.25, 0.3) is 17.5 Å². The predicted molar refractivity (Wildman–Crippen MR) is 107 cm³/mol. The van der Waals surface area contributed by atoms with E-state index in [-0.39, 0.29) is 41.2 Å². The highest BCUT2D eigenvalue weighted by atomic mass is 16.6. The van der Waals surface area contributed by atoms with Crippen LogP contribution in [0.15, 0.2) is 52.0 Å². The molecule has 1 saturated heterocycles. The molecule has 3 aliphatic carbocycles. The highest BCUT2D eigenvalue weighted by Crippen LogP contribution is 2.49. The minimum Gasteiger partial charge on any atom is -0.455 e. The van der Waals surface area contributed by atoms with Crippen molar-refractivity contribution in [2.24, 2.45) is 28.8 Å². The Morgan fingerprint density at radius 3 is 2.37 bits per heavy atom. The number of hydrogen-bond acceptors (Lipinski definition) is 6. The number of imide groups is 1. The first kappa shape index (κ1) is 18.5. The molecule has 4 atom stereocenters. The number of furan rings is 1. The van der Waals surface area contributed by atoms with Crippen LogP contribution in [-0.2, 0) is 9.59 Å². The molecule has 8 heteroatoms. The van der Waals surface area contributed by atoms with Crippen LogP contribution < -0.4 is 0 Å². The third-order valence-corrected chi connectivity index (χ3v) is 6.35. The summed E-state index contributed by atoms with van der Waals surface area (Å²) in [5.41, 5.74) is 1.14. The van der Waals surface area contributed by atoms with Gasteiger partial charge < -0.3 is 4.42 Å². The topological polar surface area (TPSA) is 106 Å². The number of nitro groups is 1. The van der Waals surface area contributed by atoms with Crippen LogP contribution in [0, 0.1) is 40.7 Å². The molecule has 1 aromatic heterocycles. The number of nitrogens with zero attached hydrogens (tertiary/aromatic N) is 3. The van der Waals surface area contributed by atoms with Gasteiger partial charge in [0, 0.05) is 17.2 Å². The lowest BCUT2D eigenvalue weighted by atomic mass is 9.63. The highest BCUT2D eigenvalue weighted by Gasteiger charge is 2.56. The number of carbonyl (C=O) groups excluding carboxylic acids is 2. The number of fused-ring (bicyclic) bond motifs is 1. The zero-order chi connectivity index (χ0) is 21.0. The normalized spacial score (nSPS) is 27.3. The molecule has 2 bridgehead atoms. The summed E-state index contributed by atoms with van der Waals surface area (Å²) in [5, 5.41) is 16.3. The first-order valence-electron chi connectivity index (χ1n) is 9.89. The average molecular weight is 405 g/mol. The molecule has 8 nitrogen and oxygen atoms in total. The molecule has 2 aromatic rings. The molecule has 0 N–H and O–H groups in total. The number of nitro benzene ring substituents is 1. The summed E-state index contributed by atoms with van der Waals surface area (Å²) in [6, 6.07) is 8.18. The number of allylic oxidation sites excluding steroid dienone is 2. The Morgan fingerprint density at radius 2 is 1.77 bits per heavy atom. The third kappa shape index (κ3) is 2.79. The highest BCUT2D eigenvalue weighted by molar-refractivity contribution is 6.06. The summed E-state index contributed by atoms with van der Waals surface area (Å²) in [7, 11) is 0. The molecule has 2 amide bonds. The SMILES string of the molecule is Cc1ccc(-c2ccc(/C=N\N3C(=O)[C@@H]4[C@@H](C3=O)[C@H]3C=C[C@H]4CC3)o2)cc1[N+](=O)[O-]. The molecular formula is C22H19N3O5. The van der Waals surface area contributed by atoms with Gasteiger partial charge in [0.2, 0.25) is 0 Å². The van der Waals surface area contributed by atoms with Crippen molar-refractivity contribution in [2.75, 3.05) is 0 Å². The van der Waals surface area contributed by atoms with E-state index >= 15 is 0 Å². The van der Waals surface area contributed by atoms with Crippen molar-refractivity contribution in [3.05, 3.63) is 63.9 Å². The third-order valence-electron chi connectivity index (χ3n) is 6.35. The number of rotatable bonds is 4. The van der Waals surface area contributed by atoms with Gasteiger partial charge in [-0.15, -0.1) is 0 Å². The monoisotopic (exact) mass is 405 g/mol. The maximum absolute atomic E-state index is 12.8. The average Bonchev–Trinajstić information content (AvgIpc) is 3.32. The van der Waals surface area contributed by atoms with E-state index in [1.165, 1.54) is 12.3 Å². The molecule has 0 radical (unpaired) electrons. The van der Waals surface area contributed by atoms with Gasteiger partial charge in [-0.1, -0.05) is 24.3 Å². The Balaban J connectivity index is 1.37. The predicted octanol–water partition coefficient (Wildman–Crippen LogP) is 3.69. The summed E-state index contributed by atoms with van der Waals surface area (Å²) in [6.45, 7) is 1.67. The van der Waals surface area contributed by atoms with Gasteiger partial charge in [-0.2, -0.15) is 10.1 Å². The Kier molecular flexibility index (Phi) is 4.16. The Bertz CT molecular complexity index is 1100. The standard InChI is InChI=1S/C22H19N3O5/c1-12-2-3-15(10-17(12)25(28)29)18-9-8-16(30-18)11-23-24-21(26)19-13-4-5-14(7-6-13)20(19)22(24)27/h2-5,8-11,13-14,19-20H,6-7H2,1H3/b23-11-/t13-,14-,19-,20-/m0/s1. The molecular weight excluding hydrogens is 386 g/mol. The van der Waals surface area contributed by atoms with Gasteiger partial charge in [0.1, 0.15) is 11.5 Å². The van der Waals surface area contributed by atoms with Crippen molar-refractivity contribution >= 4 is 23.7 Å². The zero-order valence-electron chi connectivity index (χ0n) is 16.2. The van der Waals surface area contributed by atoms with E-state index in [9.17, 15) is 19.7 Å². The van der Waals surface area contributed by atoms with Gasteiger partial charge in [0.05, 0.1) is 23.0 Å². The molecule has 1 saturated carbocycles. The second-order valence-corrected chi connectivity index (χ2v) is 8.03. The van der Waals surface area contributed by atoms with E-state index in [2.05, 4.69) is 17.3 Å². The Hall–Kier alpha value is -3.55. The maximum Gasteiger partial charge on any atom is 0.273 e. The molecule has 1 aliphatic heterocycles. The summed E-state index contributed by atoms with van der Waals surface area (Å²) in [5.74, 6) is -0.0902. The fourth-order valence-corrected chi connectivity index (χ4v) is 4.82. The van der Waals surface area contributed by atoms with Gasteiger partial charge >= 0.3 is 0 Å². The summed E-state index contributed by atoms with van der Waals surface area (Å²) >= 11 is 0. The smallest absolute Gasteiger partial charge is 0.273 e. The zero-order valence-corrected chi connectivity index (χ0v) is 16.2. The van der Waals surface area contributed by atoms with Gasteiger partial charge in [-0.3, -0.25) is 19.7 Å². The van der Waals surface area contributed by atoms with Crippen LogP contribution in [0.5, 0.6) is 0 Å². The van der Waals surface area contributed by atoms with Crippen molar-refractivity contribution in [1.82, 2.24) is 5.01 Å². The second-order valence-electron chi connectivity index (χ2n) is 8.03. The number of amides is 2. The summed E-state index contributed by atoms with van der Waals surface area (Å²) < 4.78 is 5.71. The Labute approximate surface area is 172 Å². The molecule has 1 aromatic carbocycles. The van der Waals surface area contributed by atoms with Gasteiger partial charge in [0.15, 0.2) is 0 Å². The first-order chi connectivity index (χ1) is 14.4. The molecule has 30 heavy (non-hydrogen) atoms. The molecule has 0 unspecified atom stereocenters. The van der Waals surface area contributed by atoms with Crippen LogP contribution in [-0.4, -0.2) is 28.0 Å². The maximum atomic E-state index is 12.8. The minimum absolute atomic E-state index is 0.0122.